The average Bonchev–Trinajstić information content (AvgIpc) is 3.19. The molecule has 0 saturated carbocycles. The predicted octanol–water partition coefficient (Wildman–Crippen LogP) is 4.15. The van der Waals surface area contributed by atoms with Crippen molar-refractivity contribution in [3.63, 3.8) is 0 Å². The summed E-state index contributed by atoms with van der Waals surface area (Å²) in [6.07, 6.45) is 1.63. The van der Waals surface area contributed by atoms with Gasteiger partial charge in [0, 0.05) is 27.6 Å². The third-order valence-corrected chi connectivity index (χ3v) is 6.62. The minimum absolute atomic E-state index is 0.257. The first kappa shape index (κ1) is 17.2. The van der Waals surface area contributed by atoms with Crippen molar-refractivity contribution >= 4 is 43.5 Å². The smallest absolute Gasteiger partial charge is 0.268 e. The zero-order valence-electron chi connectivity index (χ0n) is 14.0. The molecule has 0 aliphatic carbocycles. The molecule has 0 radical (unpaired) electrons. The van der Waals surface area contributed by atoms with Crippen molar-refractivity contribution in [3.8, 4) is 11.5 Å². The highest BCUT2D eigenvalue weighted by atomic mass is 127. The van der Waals surface area contributed by atoms with Crippen LogP contribution in [-0.4, -0.2) is 22.6 Å². The SMILES string of the molecule is Cc1ccc(S(=O)(=O)n2cc(I)c3cc(-c4nnc(C)o4)ccc32)cc1. The number of nitrogens with zero attached hydrogens (tertiary/aromatic N) is 3. The molecule has 0 bridgehead atoms. The normalized spacial score (nSPS) is 12.0. The first-order chi connectivity index (χ1) is 12.4. The van der Waals surface area contributed by atoms with Crippen molar-refractivity contribution in [2.75, 3.05) is 0 Å². The number of rotatable bonds is 3. The Morgan fingerprint density at radius 2 is 1.77 bits per heavy atom. The van der Waals surface area contributed by atoms with E-state index >= 15 is 0 Å². The molecule has 8 heteroatoms. The Hall–Kier alpha value is -2.20. The molecule has 6 nitrogen and oxygen atoms in total. The standard InChI is InChI=1S/C18H14IN3O3S/c1-11-3-6-14(7-4-11)26(23,24)22-10-16(19)15-9-13(5-8-17(15)22)18-21-20-12(2)25-18/h3-10H,1-2H3. The highest BCUT2D eigenvalue weighted by Gasteiger charge is 2.21. The van der Waals surface area contributed by atoms with Crippen molar-refractivity contribution in [3.05, 3.63) is 63.7 Å². The van der Waals surface area contributed by atoms with Gasteiger partial charge in [0.25, 0.3) is 10.0 Å². The third-order valence-electron chi connectivity index (χ3n) is 4.07. The van der Waals surface area contributed by atoms with Crippen LogP contribution in [0.5, 0.6) is 0 Å². The zero-order valence-corrected chi connectivity index (χ0v) is 16.9. The molecule has 0 aliphatic heterocycles. The molecule has 0 spiro atoms. The maximum atomic E-state index is 13.0. The van der Waals surface area contributed by atoms with E-state index < -0.39 is 10.0 Å². The summed E-state index contributed by atoms with van der Waals surface area (Å²) in [5.41, 5.74) is 2.37. The van der Waals surface area contributed by atoms with E-state index in [9.17, 15) is 8.42 Å². The largest absolute Gasteiger partial charge is 0.421 e. The molecule has 0 amide bonds. The van der Waals surface area contributed by atoms with Crippen molar-refractivity contribution < 1.29 is 12.8 Å². The van der Waals surface area contributed by atoms with Crippen LogP contribution in [0.1, 0.15) is 11.5 Å². The van der Waals surface area contributed by atoms with E-state index in [1.807, 2.05) is 13.0 Å². The zero-order chi connectivity index (χ0) is 18.5. The van der Waals surface area contributed by atoms with E-state index in [0.717, 1.165) is 20.1 Å². The number of halogens is 1. The number of aromatic nitrogens is 3. The summed E-state index contributed by atoms with van der Waals surface area (Å²) in [6, 6.07) is 12.2. The first-order valence-electron chi connectivity index (χ1n) is 7.79. The minimum atomic E-state index is -3.67. The molecular formula is C18H14IN3O3S. The average molecular weight is 479 g/mol. The molecule has 2 aromatic heterocycles. The van der Waals surface area contributed by atoms with Crippen molar-refractivity contribution in [1.29, 1.82) is 0 Å². The Morgan fingerprint density at radius 1 is 1.04 bits per heavy atom. The maximum Gasteiger partial charge on any atom is 0.268 e. The summed E-state index contributed by atoms with van der Waals surface area (Å²) in [6.45, 7) is 3.65. The molecule has 0 unspecified atom stereocenters. The summed E-state index contributed by atoms with van der Waals surface area (Å²) in [4.78, 5) is 0.257. The van der Waals surface area contributed by atoms with Gasteiger partial charge in [-0.15, -0.1) is 10.2 Å². The molecule has 2 heterocycles. The summed E-state index contributed by atoms with van der Waals surface area (Å²) in [7, 11) is -3.67. The van der Waals surface area contributed by atoms with Gasteiger partial charge in [-0.05, 0) is 59.8 Å². The van der Waals surface area contributed by atoms with Gasteiger partial charge in [0.05, 0.1) is 10.4 Å². The lowest BCUT2D eigenvalue weighted by Crippen LogP contribution is -2.11. The monoisotopic (exact) mass is 479 g/mol. The number of hydrogen-bond acceptors (Lipinski definition) is 5. The van der Waals surface area contributed by atoms with Crippen LogP contribution in [0.2, 0.25) is 0 Å². The molecule has 0 aliphatic rings. The van der Waals surface area contributed by atoms with Gasteiger partial charge in [-0.25, -0.2) is 12.4 Å². The molecule has 26 heavy (non-hydrogen) atoms. The van der Waals surface area contributed by atoms with Gasteiger partial charge in [-0.3, -0.25) is 0 Å². The fourth-order valence-corrected chi connectivity index (χ4v) is 5.00. The minimum Gasteiger partial charge on any atom is -0.421 e. The van der Waals surface area contributed by atoms with Gasteiger partial charge in [-0.2, -0.15) is 0 Å². The summed E-state index contributed by atoms with van der Waals surface area (Å²) in [5, 5.41) is 8.67. The van der Waals surface area contributed by atoms with Gasteiger partial charge in [0.15, 0.2) is 0 Å². The Balaban J connectivity index is 1.88. The van der Waals surface area contributed by atoms with Gasteiger partial charge >= 0.3 is 0 Å². The van der Waals surface area contributed by atoms with Crippen LogP contribution in [-0.2, 0) is 10.0 Å². The summed E-state index contributed by atoms with van der Waals surface area (Å²) < 4.78 is 33.7. The van der Waals surface area contributed by atoms with Crippen molar-refractivity contribution in [2.45, 2.75) is 18.7 Å². The van der Waals surface area contributed by atoms with Gasteiger partial charge in [-0.1, -0.05) is 17.7 Å². The molecule has 0 atom stereocenters. The second kappa shape index (κ2) is 6.20. The predicted molar refractivity (Wildman–Crippen MR) is 106 cm³/mol. The second-order valence-corrected chi connectivity index (χ2v) is 8.93. The number of fused-ring (bicyclic) bond motifs is 1. The summed E-state index contributed by atoms with van der Waals surface area (Å²) >= 11 is 2.13. The first-order valence-corrected chi connectivity index (χ1v) is 10.3. The van der Waals surface area contributed by atoms with Gasteiger partial charge in [0.2, 0.25) is 11.8 Å². The molecule has 4 aromatic rings. The van der Waals surface area contributed by atoms with E-state index in [1.54, 1.807) is 49.5 Å². The lowest BCUT2D eigenvalue weighted by Gasteiger charge is -2.08. The lowest BCUT2D eigenvalue weighted by atomic mass is 10.1. The highest BCUT2D eigenvalue weighted by Crippen LogP contribution is 2.30. The molecule has 0 saturated heterocycles. The topological polar surface area (TPSA) is 78.0 Å². The molecule has 0 N–H and O–H groups in total. The Labute approximate surface area is 164 Å². The van der Waals surface area contributed by atoms with Gasteiger partial charge < -0.3 is 4.42 Å². The van der Waals surface area contributed by atoms with E-state index in [1.165, 1.54) is 3.97 Å². The Bertz CT molecular complexity index is 1220. The van der Waals surface area contributed by atoms with Crippen LogP contribution < -0.4 is 0 Å². The van der Waals surface area contributed by atoms with Crippen LogP contribution in [0, 0.1) is 17.4 Å². The molecular weight excluding hydrogens is 465 g/mol. The van der Waals surface area contributed by atoms with Crippen LogP contribution in [0.25, 0.3) is 22.4 Å². The summed E-state index contributed by atoms with van der Waals surface area (Å²) in [5.74, 6) is 0.892. The van der Waals surface area contributed by atoms with Crippen LogP contribution in [0.3, 0.4) is 0 Å². The molecule has 132 valence electrons. The molecule has 4 rings (SSSR count). The third kappa shape index (κ3) is 2.82. The fourth-order valence-electron chi connectivity index (χ4n) is 2.73. The van der Waals surface area contributed by atoms with E-state index in [2.05, 4.69) is 32.8 Å². The van der Waals surface area contributed by atoms with Crippen LogP contribution >= 0.6 is 22.6 Å². The number of benzene rings is 2. The van der Waals surface area contributed by atoms with Gasteiger partial charge in [0.1, 0.15) is 0 Å². The van der Waals surface area contributed by atoms with Crippen LogP contribution in [0.4, 0.5) is 0 Å². The Kier molecular flexibility index (Phi) is 4.11. The van der Waals surface area contributed by atoms with E-state index in [4.69, 9.17) is 4.42 Å². The maximum absolute atomic E-state index is 13.0. The number of hydrogen-bond donors (Lipinski definition) is 0. The van der Waals surface area contributed by atoms with E-state index in [-0.39, 0.29) is 4.90 Å². The number of aryl methyl sites for hydroxylation is 2. The lowest BCUT2D eigenvalue weighted by molar-refractivity contribution is 0.533. The van der Waals surface area contributed by atoms with Crippen molar-refractivity contribution in [1.82, 2.24) is 14.2 Å². The quantitative estimate of drug-likeness (QED) is 0.413. The van der Waals surface area contributed by atoms with Crippen molar-refractivity contribution in [2.24, 2.45) is 0 Å². The van der Waals surface area contributed by atoms with E-state index in [0.29, 0.717) is 17.3 Å². The van der Waals surface area contributed by atoms with Crippen LogP contribution in [0.15, 0.2) is 58.0 Å². The molecule has 2 aromatic carbocycles. The Morgan fingerprint density at radius 3 is 2.42 bits per heavy atom. The fraction of sp³-hybridized carbons (Fsp3) is 0.111. The highest BCUT2D eigenvalue weighted by molar-refractivity contribution is 14.1. The molecule has 0 fully saturated rings. The second-order valence-electron chi connectivity index (χ2n) is 5.95.